The molecule has 2 unspecified atom stereocenters. The van der Waals surface area contributed by atoms with Crippen LogP contribution in [0.1, 0.15) is 13.3 Å². The van der Waals surface area contributed by atoms with E-state index >= 15 is 0 Å². The van der Waals surface area contributed by atoms with E-state index < -0.39 is 0 Å². The van der Waals surface area contributed by atoms with E-state index in [1.165, 1.54) is 6.42 Å². The molecule has 0 saturated heterocycles. The van der Waals surface area contributed by atoms with Crippen LogP contribution in [0, 0.1) is 11.3 Å². The van der Waals surface area contributed by atoms with Crippen molar-refractivity contribution in [2.75, 3.05) is 0 Å². The first-order valence-corrected chi connectivity index (χ1v) is 3.17. The van der Waals surface area contributed by atoms with Gasteiger partial charge in [0.25, 0.3) is 0 Å². The summed E-state index contributed by atoms with van der Waals surface area (Å²) < 4.78 is 0. The van der Waals surface area contributed by atoms with Gasteiger partial charge in [-0.2, -0.15) is 0 Å². The lowest BCUT2D eigenvalue weighted by atomic mass is 10.0. The van der Waals surface area contributed by atoms with E-state index in [0.29, 0.717) is 5.41 Å². The predicted molar refractivity (Wildman–Crippen MR) is 34.5 cm³/mol. The zero-order valence-electron chi connectivity index (χ0n) is 5.09. The molecule has 0 heteroatoms. The number of allylic oxidation sites excluding steroid dienone is 4. The van der Waals surface area contributed by atoms with E-state index in [-0.39, 0.29) is 0 Å². The maximum Gasteiger partial charge on any atom is -0.00743 e. The largest absolute Gasteiger partial charge is 0.0805 e. The topological polar surface area (TPSA) is 0 Å². The molecule has 0 N–H and O–H groups in total. The Balaban J connectivity index is 2.33. The van der Waals surface area contributed by atoms with Gasteiger partial charge in [0.1, 0.15) is 0 Å². The van der Waals surface area contributed by atoms with Crippen molar-refractivity contribution in [1.82, 2.24) is 0 Å². The van der Waals surface area contributed by atoms with Crippen LogP contribution >= 0.6 is 0 Å². The Bertz CT molecular complexity index is 165. The molecule has 0 amide bonds. The second kappa shape index (κ2) is 1.07. The van der Waals surface area contributed by atoms with Gasteiger partial charge in [0.15, 0.2) is 0 Å². The summed E-state index contributed by atoms with van der Waals surface area (Å²) in [5.41, 5.74) is 0.578. The molecule has 8 heavy (non-hydrogen) atoms. The van der Waals surface area contributed by atoms with E-state index in [4.69, 9.17) is 0 Å². The fourth-order valence-electron chi connectivity index (χ4n) is 1.37. The Morgan fingerprint density at radius 1 is 1.50 bits per heavy atom. The third-order valence-corrected chi connectivity index (χ3v) is 2.28. The second-order valence-corrected chi connectivity index (χ2v) is 3.06. The molecular weight excluding hydrogens is 96.1 g/mol. The van der Waals surface area contributed by atoms with Crippen LogP contribution in [0.5, 0.6) is 0 Å². The third kappa shape index (κ3) is 0.405. The van der Waals surface area contributed by atoms with Crippen LogP contribution in [0.4, 0.5) is 0 Å². The SMILES string of the molecule is CC12C=CC=CC1C2. The van der Waals surface area contributed by atoms with Gasteiger partial charge in [0.2, 0.25) is 0 Å². The van der Waals surface area contributed by atoms with Crippen molar-refractivity contribution in [2.24, 2.45) is 11.3 Å². The van der Waals surface area contributed by atoms with E-state index in [2.05, 4.69) is 31.2 Å². The van der Waals surface area contributed by atoms with Crippen molar-refractivity contribution in [3.8, 4) is 0 Å². The molecule has 0 aromatic rings. The Kier molecular flexibility index (Phi) is 0.585. The van der Waals surface area contributed by atoms with E-state index in [9.17, 15) is 0 Å². The molecule has 0 bridgehead atoms. The molecule has 0 spiro atoms. The van der Waals surface area contributed by atoms with Crippen molar-refractivity contribution in [2.45, 2.75) is 13.3 Å². The summed E-state index contributed by atoms with van der Waals surface area (Å²) in [7, 11) is 0. The van der Waals surface area contributed by atoms with Crippen molar-refractivity contribution >= 4 is 0 Å². The van der Waals surface area contributed by atoms with Crippen LogP contribution in [0.25, 0.3) is 0 Å². The second-order valence-electron chi connectivity index (χ2n) is 3.06. The zero-order chi connectivity index (χ0) is 5.61. The molecule has 0 aromatic heterocycles. The van der Waals surface area contributed by atoms with Crippen molar-refractivity contribution in [3.63, 3.8) is 0 Å². The minimum Gasteiger partial charge on any atom is -0.0805 e. The maximum atomic E-state index is 2.32. The maximum absolute atomic E-state index is 2.32. The van der Waals surface area contributed by atoms with Gasteiger partial charge in [-0.1, -0.05) is 31.2 Å². The molecule has 2 aliphatic rings. The smallest absolute Gasteiger partial charge is 0.00743 e. The first-order valence-electron chi connectivity index (χ1n) is 3.17. The highest BCUT2D eigenvalue weighted by Crippen LogP contribution is 2.55. The summed E-state index contributed by atoms with van der Waals surface area (Å²) >= 11 is 0. The molecule has 2 aliphatic carbocycles. The number of hydrogen-bond acceptors (Lipinski definition) is 0. The highest BCUT2D eigenvalue weighted by Gasteiger charge is 2.46. The molecule has 1 fully saturated rings. The van der Waals surface area contributed by atoms with Gasteiger partial charge in [-0.05, 0) is 17.8 Å². The Hall–Kier alpha value is -0.520. The average Bonchev–Trinajstić information content (AvgIpc) is 2.39. The van der Waals surface area contributed by atoms with Crippen LogP contribution in [-0.2, 0) is 0 Å². The number of fused-ring (bicyclic) bond motifs is 1. The van der Waals surface area contributed by atoms with Gasteiger partial charge < -0.3 is 0 Å². The van der Waals surface area contributed by atoms with Gasteiger partial charge in [-0.3, -0.25) is 0 Å². The minimum atomic E-state index is 0.578. The lowest BCUT2D eigenvalue weighted by Gasteiger charge is -2.02. The Labute approximate surface area is 49.9 Å². The molecule has 42 valence electrons. The fourth-order valence-corrected chi connectivity index (χ4v) is 1.37. The summed E-state index contributed by atoms with van der Waals surface area (Å²) in [4.78, 5) is 0. The number of rotatable bonds is 0. The van der Waals surface area contributed by atoms with Crippen LogP contribution in [0.15, 0.2) is 24.3 Å². The standard InChI is InChI=1S/C8H10/c1-8-5-3-2-4-7(8)6-8/h2-5,7H,6H2,1H3. The predicted octanol–water partition coefficient (Wildman–Crippen LogP) is 2.14. The highest BCUT2D eigenvalue weighted by atomic mass is 14.5. The van der Waals surface area contributed by atoms with Gasteiger partial charge in [-0.25, -0.2) is 0 Å². The van der Waals surface area contributed by atoms with E-state index in [1.807, 2.05) is 0 Å². The van der Waals surface area contributed by atoms with Crippen LogP contribution in [0.2, 0.25) is 0 Å². The summed E-state index contributed by atoms with van der Waals surface area (Å²) in [5.74, 6) is 0.882. The summed E-state index contributed by atoms with van der Waals surface area (Å²) in [6, 6.07) is 0. The average molecular weight is 106 g/mol. The molecule has 0 radical (unpaired) electrons. The molecule has 0 nitrogen and oxygen atoms in total. The van der Waals surface area contributed by atoms with Crippen LogP contribution in [0.3, 0.4) is 0 Å². The quantitative estimate of drug-likeness (QED) is 0.444. The number of hydrogen-bond donors (Lipinski definition) is 0. The first kappa shape index (κ1) is 4.37. The summed E-state index contributed by atoms with van der Waals surface area (Å²) in [6.07, 6.45) is 10.3. The molecule has 0 aromatic carbocycles. The lowest BCUT2D eigenvalue weighted by Crippen LogP contribution is -1.91. The molecule has 2 atom stereocenters. The fraction of sp³-hybridized carbons (Fsp3) is 0.500. The molecule has 0 aliphatic heterocycles. The molecule has 1 saturated carbocycles. The normalized spacial score (nSPS) is 48.9. The van der Waals surface area contributed by atoms with Gasteiger partial charge in [0.05, 0.1) is 0 Å². The van der Waals surface area contributed by atoms with Crippen molar-refractivity contribution < 1.29 is 0 Å². The summed E-state index contributed by atoms with van der Waals surface area (Å²) in [5, 5.41) is 0. The van der Waals surface area contributed by atoms with E-state index in [1.54, 1.807) is 0 Å². The highest BCUT2D eigenvalue weighted by molar-refractivity contribution is 5.27. The molecule has 2 rings (SSSR count). The van der Waals surface area contributed by atoms with Crippen LogP contribution in [-0.4, -0.2) is 0 Å². The minimum absolute atomic E-state index is 0.578. The van der Waals surface area contributed by atoms with E-state index in [0.717, 1.165) is 5.92 Å². The molecular formula is C8H10. The monoisotopic (exact) mass is 106 g/mol. The zero-order valence-corrected chi connectivity index (χ0v) is 5.09. The third-order valence-electron chi connectivity index (χ3n) is 2.28. The lowest BCUT2D eigenvalue weighted by molar-refractivity contribution is 0.690. The first-order chi connectivity index (χ1) is 3.81. The van der Waals surface area contributed by atoms with Gasteiger partial charge in [-0.15, -0.1) is 0 Å². The van der Waals surface area contributed by atoms with Crippen molar-refractivity contribution in [3.05, 3.63) is 24.3 Å². The van der Waals surface area contributed by atoms with Crippen molar-refractivity contribution in [1.29, 1.82) is 0 Å². The Morgan fingerprint density at radius 2 is 2.38 bits per heavy atom. The van der Waals surface area contributed by atoms with Crippen LogP contribution < -0.4 is 0 Å². The summed E-state index contributed by atoms with van der Waals surface area (Å²) in [6.45, 7) is 2.32. The Morgan fingerprint density at radius 3 is 2.88 bits per heavy atom. The van der Waals surface area contributed by atoms with Gasteiger partial charge >= 0.3 is 0 Å². The van der Waals surface area contributed by atoms with Gasteiger partial charge in [0, 0.05) is 0 Å². The molecule has 0 heterocycles.